The Bertz CT molecular complexity index is 532. The molecule has 0 atom stereocenters. The Labute approximate surface area is 119 Å². The van der Waals surface area contributed by atoms with Crippen LogP contribution in [-0.4, -0.2) is 24.9 Å². The first-order valence-corrected chi connectivity index (χ1v) is 5.31. The highest BCUT2D eigenvalue weighted by Gasteiger charge is 2.12. The van der Waals surface area contributed by atoms with E-state index in [9.17, 15) is 10.1 Å². The van der Waals surface area contributed by atoms with Gasteiger partial charge in [0.15, 0.2) is 6.20 Å². The minimum absolute atomic E-state index is 0. The quantitative estimate of drug-likeness (QED) is 0.456. The van der Waals surface area contributed by atoms with E-state index in [4.69, 9.17) is 23.2 Å². The number of nitro groups is 1. The van der Waals surface area contributed by atoms with Crippen LogP contribution in [0.1, 0.15) is 13.0 Å². The Balaban J connectivity index is 0.000000331. The first-order valence-electron chi connectivity index (χ1n) is 4.55. The van der Waals surface area contributed by atoms with Crippen molar-refractivity contribution in [3.63, 3.8) is 0 Å². The molecule has 0 N–H and O–H groups in total. The number of aromatic nitrogens is 4. The molecular weight excluding hydrogens is 293 g/mol. The van der Waals surface area contributed by atoms with Gasteiger partial charge in [0.2, 0.25) is 5.15 Å². The maximum atomic E-state index is 10.0. The van der Waals surface area contributed by atoms with Crippen molar-refractivity contribution in [2.45, 2.75) is 14.4 Å². The smallest absolute Gasteiger partial charge is 0.358 e. The molecule has 0 radical (unpaired) electrons. The lowest BCUT2D eigenvalue weighted by Crippen LogP contribution is -1.93. The summed E-state index contributed by atoms with van der Waals surface area (Å²) in [5, 5.41) is 10.4. The summed E-state index contributed by atoms with van der Waals surface area (Å²) in [7, 11) is 0. The fourth-order valence-electron chi connectivity index (χ4n) is 0.820. The average molecular weight is 304 g/mol. The molecule has 0 aliphatic rings. The molecule has 0 spiro atoms. The Morgan fingerprint density at radius 2 is 1.79 bits per heavy atom. The molecule has 0 fully saturated rings. The van der Waals surface area contributed by atoms with Gasteiger partial charge in [-0.25, -0.2) is 15.0 Å². The molecule has 19 heavy (non-hydrogen) atoms. The molecule has 9 heteroatoms. The third kappa shape index (κ3) is 5.54. The lowest BCUT2D eigenvalue weighted by Gasteiger charge is -1.90. The van der Waals surface area contributed by atoms with Crippen LogP contribution >= 0.6 is 23.2 Å². The van der Waals surface area contributed by atoms with Crippen molar-refractivity contribution in [2.24, 2.45) is 0 Å². The van der Waals surface area contributed by atoms with Crippen molar-refractivity contribution in [3.8, 4) is 0 Å². The van der Waals surface area contributed by atoms with Crippen molar-refractivity contribution < 1.29 is 4.92 Å². The number of halogens is 2. The largest absolute Gasteiger partial charge is 0.401 e. The van der Waals surface area contributed by atoms with Gasteiger partial charge in [0.1, 0.15) is 11.5 Å². The highest BCUT2D eigenvalue weighted by Crippen LogP contribution is 2.15. The lowest BCUT2D eigenvalue weighted by molar-refractivity contribution is -0.389. The van der Waals surface area contributed by atoms with E-state index < -0.39 is 10.7 Å². The molecule has 0 aromatic carbocycles. The number of aryl methyl sites for hydroxylation is 1. The van der Waals surface area contributed by atoms with Crippen LogP contribution in [0.4, 0.5) is 5.82 Å². The van der Waals surface area contributed by atoms with Gasteiger partial charge in [-0.05, 0) is 16.8 Å². The van der Waals surface area contributed by atoms with Gasteiger partial charge in [-0.1, -0.05) is 30.6 Å². The van der Waals surface area contributed by atoms with Gasteiger partial charge in [0.05, 0.1) is 6.20 Å². The highest BCUT2D eigenvalue weighted by atomic mass is 35.5. The topological polar surface area (TPSA) is 94.7 Å². The van der Waals surface area contributed by atoms with Crippen LogP contribution < -0.4 is 0 Å². The molecule has 2 heterocycles. The van der Waals surface area contributed by atoms with Gasteiger partial charge < -0.3 is 10.1 Å². The van der Waals surface area contributed by atoms with Crippen LogP contribution in [0.15, 0.2) is 24.9 Å². The van der Waals surface area contributed by atoms with Gasteiger partial charge in [-0.3, -0.25) is 0 Å². The molecule has 0 aliphatic carbocycles. The summed E-state index contributed by atoms with van der Waals surface area (Å²) in [4.78, 5) is 23.7. The molecular formula is C10H11Cl2N5O2. The molecule has 0 saturated carbocycles. The molecule has 0 bridgehead atoms. The van der Waals surface area contributed by atoms with Crippen molar-refractivity contribution in [1.82, 2.24) is 19.9 Å². The molecule has 0 aliphatic heterocycles. The summed E-state index contributed by atoms with van der Waals surface area (Å²) in [6, 6.07) is 0. The average Bonchev–Trinajstić information content (AvgIpc) is 2.34. The minimum atomic E-state index is -0.685. The second-order valence-corrected chi connectivity index (χ2v) is 3.64. The summed E-state index contributed by atoms with van der Waals surface area (Å²) >= 11 is 10.9. The van der Waals surface area contributed by atoms with E-state index in [-0.39, 0.29) is 12.6 Å². The fraction of sp³-hybridized carbons (Fsp3) is 0.200. The van der Waals surface area contributed by atoms with Crippen molar-refractivity contribution >= 4 is 29.0 Å². The zero-order valence-corrected chi connectivity index (χ0v) is 10.6. The Morgan fingerprint density at radius 1 is 1.16 bits per heavy atom. The summed E-state index contributed by atoms with van der Waals surface area (Å²) in [6.45, 7) is 1.86. The standard InChI is InChI=1S/C5H5ClN2.C4H2ClN3O2.CH4/c1-4-2-7-3-8-5(4)6;5-3-4(8(9)10)7-2-1-6-3;/h2-3H,1H3;1-2H;1H4. The van der Waals surface area contributed by atoms with E-state index in [0.717, 1.165) is 5.56 Å². The molecule has 2 aromatic heterocycles. The Kier molecular flexibility index (Phi) is 7.47. The molecule has 102 valence electrons. The van der Waals surface area contributed by atoms with Gasteiger partial charge >= 0.3 is 5.82 Å². The van der Waals surface area contributed by atoms with Crippen LogP contribution in [0.5, 0.6) is 0 Å². The third-order valence-corrected chi connectivity index (χ3v) is 2.30. The summed E-state index contributed by atoms with van der Waals surface area (Å²) < 4.78 is 0. The number of hydrogen-bond donors (Lipinski definition) is 0. The van der Waals surface area contributed by atoms with Crippen LogP contribution in [0, 0.1) is 17.0 Å². The fourth-order valence-corrected chi connectivity index (χ4v) is 1.09. The van der Waals surface area contributed by atoms with Gasteiger partial charge in [0, 0.05) is 11.8 Å². The molecule has 2 aromatic rings. The van der Waals surface area contributed by atoms with E-state index in [1.54, 1.807) is 6.20 Å². The first kappa shape index (κ1) is 17.1. The molecule has 2 rings (SSSR count). The van der Waals surface area contributed by atoms with Crippen molar-refractivity contribution in [1.29, 1.82) is 0 Å². The monoisotopic (exact) mass is 303 g/mol. The summed E-state index contributed by atoms with van der Waals surface area (Å²) in [6.07, 6.45) is 5.60. The lowest BCUT2D eigenvalue weighted by atomic mass is 10.4. The van der Waals surface area contributed by atoms with E-state index >= 15 is 0 Å². The molecule has 0 saturated heterocycles. The van der Waals surface area contributed by atoms with E-state index in [0.29, 0.717) is 5.15 Å². The molecule has 7 nitrogen and oxygen atoms in total. The second kappa shape index (κ2) is 8.28. The van der Waals surface area contributed by atoms with Crippen molar-refractivity contribution in [2.75, 3.05) is 0 Å². The van der Waals surface area contributed by atoms with Gasteiger partial charge in [-0.2, -0.15) is 0 Å². The first-order chi connectivity index (χ1) is 8.52. The zero-order valence-electron chi connectivity index (χ0n) is 9.12. The minimum Gasteiger partial charge on any atom is -0.358 e. The normalized spacial score (nSPS) is 8.79. The van der Waals surface area contributed by atoms with Crippen LogP contribution in [0.25, 0.3) is 0 Å². The van der Waals surface area contributed by atoms with Crippen LogP contribution in [0.2, 0.25) is 10.3 Å². The van der Waals surface area contributed by atoms with Crippen molar-refractivity contribution in [3.05, 3.63) is 50.9 Å². The van der Waals surface area contributed by atoms with Gasteiger partial charge in [-0.15, -0.1) is 0 Å². The van der Waals surface area contributed by atoms with E-state index in [2.05, 4.69) is 19.9 Å². The predicted octanol–water partition coefficient (Wildman–Crippen LogP) is 3.11. The SMILES string of the molecule is C.Cc1cncnc1Cl.O=[N+]([O-])c1nccnc1Cl. The number of rotatable bonds is 1. The number of nitrogens with zero attached hydrogens (tertiary/aromatic N) is 5. The highest BCUT2D eigenvalue weighted by molar-refractivity contribution is 6.31. The van der Waals surface area contributed by atoms with Crippen LogP contribution in [0.3, 0.4) is 0 Å². The summed E-state index contributed by atoms with van der Waals surface area (Å²) in [5.74, 6) is -0.413. The van der Waals surface area contributed by atoms with E-state index in [1.165, 1.54) is 18.7 Å². The Hall–Kier alpha value is -1.86. The molecule has 0 amide bonds. The number of hydrogen-bond acceptors (Lipinski definition) is 6. The predicted molar refractivity (Wildman–Crippen MR) is 72.2 cm³/mol. The van der Waals surface area contributed by atoms with Crippen LogP contribution in [-0.2, 0) is 0 Å². The van der Waals surface area contributed by atoms with Gasteiger partial charge in [0.25, 0.3) is 0 Å². The zero-order chi connectivity index (χ0) is 13.5. The second-order valence-electron chi connectivity index (χ2n) is 2.92. The summed E-state index contributed by atoms with van der Waals surface area (Å²) in [5.41, 5.74) is 0.911. The maximum Gasteiger partial charge on any atom is 0.401 e. The van der Waals surface area contributed by atoms with E-state index in [1.807, 2.05) is 6.92 Å². The molecule has 0 unspecified atom stereocenters. The Morgan fingerprint density at radius 3 is 2.16 bits per heavy atom. The maximum absolute atomic E-state index is 10.0. The third-order valence-electron chi connectivity index (χ3n) is 1.64.